The van der Waals surface area contributed by atoms with Crippen LogP contribution in [-0.2, 0) is 0 Å². The zero-order valence-corrected chi connectivity index (χ0v) is 15.5. The topological polar surface area (TPSA) is 89.8 Å². The van der Waals surface area contributed by atoms with Gasteiger partial charge in [0.2, 0.25) is 0 Å². The summed E-state index contributed by atoms with van der Waals surface area (Å²) in [4.78, 5) is 24.4. The number of hydrogen-bond donors (Lipinski definition) is 2. The van der Waals surface area contributed by atoms with Gasteiger partial charge in [-0.3, -0.25) is 20.4 Å². The number of carbonyl (C=O) groups is 2. The van der Waals surface area contributed by atoms with Gasteiger partial charge in [-0.1, -0.05) is 13.3 Å². The van der Waals surface area contributed by atoms with E-state index in [-0.39, 0.29) is 0 Å². The zero-order valence-electron chi connectivity index (χ0n) is 15.5. The molecule has 1 heterocycles. The zero-order chi connectivity index (χ0) is 19.1. The third-order valence-corrected chi connectivity index (χ3v) is 3.76. The van der Waals surface area contributed by atoms with Crippen LogP contribution < -0.4 is 20.3 Å². The van der Waals surface area contributed by atoms with Crippen molar-refractivity contribution in [3.63, 3.8) is 0 Å². The minimum Gasteiger partial charge on any atom is -0.493 e. The Hall–Kier alpha value is -2.96. The molecule has 2 aromatic rings. The van der Waals surface area contributed by atoms with Crippen molar-refractivity contribution in [1.82, 2.24) is 10.9 Å². The second-order valence-corrected chi connectivity index (χ2v) is 5.80. The quantitative estimate of drug-likeness (QED) is 0.585. The van der Waals surface area contributed by atoms with E-state index in [1.54, 1.807) is 38.1 Å². The van der Waals surface area contributed by atoms with E-state index in [0.29, 0.717) is 40.8 Å². The largest absolute Gasteiger partial charge is 0.493 e. The van der Waals surface area contributed by atoms with Gasteiger partial charge in [-0.25, -0.2) is 0 Å². The molecular weight excluding hydrogens is 336 g/mol. The van der Waals surface area contributed by atoms with Gasteiger partial charge in [-0.05, 0) is 44.5 Å². The van der Waals surface area contributed by atoms with E-state index in [0.717, 1.165) is 12.8 Å². The van der Waals surface area contributed by atoms with Crippen molar-refractivity contribution in [2.24, 2.45) is 0 Å². The maximum atomic E-state index is 12.3. The second-order valence-electron chi connectivity index (χ2n) is 5.80. The molecule has 1 aromatic heterocycles. The van der Waals surface area contributed by atoms with Crippen molar-refractivity contribution in [3.05, 3.63) is 46.9 Å². The SMILES string of the molecule is CCCCOc1ccc(C(=O)NNC(=O)c2cc(C)oc2C)cc1OC. The molecule has 7 heteroatoms. The van der Waals surface area contributed by atoms with Crippen LogP contribution in [0.4, 0.5) is 0 Å². The monoisotopic (exact) mass is 360 g/mol. The van der Waals surface area contributed by atoms with E-state index in [1.807, 2.05) is 0 Å². The van der Waals surface area contributed by atoms with Crippen LogP contribution in [0.25, 0.3) is 0 Å². The highest BCUT2D eigenvalue weighted by molar-refractivity contribution is 5.99. The van der Waals surface area contributed by atoms with Gasteiger partial charge in [0.1, 0.15) is 11.5 Å². The first-order valence-corrected chi connectivity index (χ1v) is 8.44. The summed E-state index contributed by atoms with van der Waals surface area (Å²) in [7, 11) is 1.51. The molecular formula is C19H24N2O5. The Morgan fingerprint density at radius 1 is 1.08 bits per heavy atom. The second kappa shape index (κ2) is 8.94. The van der Waals surface area contributed by atoms with Crippen molar-refractivity contribution >= 4 is 11.8 Å². The van der Waals surface area contributed by atoms with Crippen LogP contribution in [0.5, 0.6) is 11.5 Å². The Morgan fingerprint density at radius 3 is 2.42 bits per heavy atom. The van der Waals surface area contributed by atoms with Gasteiger partial charge in [-0.15, -0.1) is 0 Å². The summed E-state index contributed by atoms with van der Waals surface area (Å²) < 4.78 is 16.2. The first kappa shape index (κ1) is 19.4. The van der Waals surface area contributed by atoms with Crippen LogP contribution >= 0.6 is 0 Å². The van der Waals surface area contributed by atoms with E-state index in [1.165, 1.54) is 7.11 Å². The number of amides is 2. The molecule has 0 saturated carbocycles. The lowest BCUT2D eigenvalue weighted by atomic mass is 10.2. The molecule has 0 aliphatic carbocycles. The number of methoxy groups -OCH3 is 1. The molecule has 0 saturated heterocycles. The summed E-state index contributed by atoms with van der Waals surface area (Å²) in [6.07, 6.45) is 1.96. The normalized spacial score (nSPS) is 10.3. The Kier molecular flexibility index (Phi) is 6.66. The molecule has 2 amide bonds. The highest BCUT2D eigenvalue weighted by Crippen LogP contribution is 2.28. The Morgan fingerprint density at radius 2 is 1.81 bits per heavy atom. The van der Waals surface area contributed by atoms with E-state index in [9.17, 15) is 9.59 Å². The number of carbonyl (C=O) groups excluding carboxylic acids is 2. The van der Waals surface area contributed by atoms with Gasteiger partial charge in [0.05, 0.1) is 19.3 Å². The van der Waals surface area contributed by atoms with Gasteiger partial charge in [0, 0.05) is 5.56 Å². The number of aryl methyl sites for hydroxylation is 2. The van der Waals surface area contributed by atoms with Crippen molar-refractivity contribution in [2.75, 3.05) is 13.7 Å². The molecule has 2 N–H and O–H groups in total. The molecule has 0 spiro atoms. The fraction of sp³-hybridized carbons (Fsp3) is 0.368. The first-order chi connectivity index (χ1) is 12.5. The number of rotatable bonds is 7. The van der Waals surface area contributed by atoms with Crippen LogP contribution in [0.3, 0.4) is 0 Å². The van der Waals surface area contributed by atoms with Crippen LogP contribution in [-0.4, -0.2) is 25.5 Å². The van der Waals surface area contributed by atoms with Gasteiger partial charge in [0.15, 0.2) is 11.5 Å². The lowest BCUT2D eigenvalue weighted by Crippen LogP contribution is -2.41. The van der Waals surface area contributed by atoms with E-state index in [2.05, 4.69) is 17.8 Å². The molecule has 140 valence electrons. The summed E-state index contributed by atoms with van der Waals surface area (Å²) in [5.74, 6) is 1.24. The van der Waals surface area contributed by atoms with Crippen molar-refractivity contribution in [2.45, 2.75) is 33.6 Å². The van der Waals surface area contributed by atoms with Crippen molar-refractivity contribution in [1.29, 1.82) is 0 Å². The van der Waals surface area contributed by atoms with Gasteiger partial charge in [0.25, 0.3) is 11.8 Å². The molecule has 0 fully saturated rings. The van der Waals surface area contributed by atoms with E-state index >= 15 is 0 Å². The maximum Gasteiger partial charge on any atom is 0.273 e. The average Bonchev–Trinajstić information content (AvgIpc) is 2.98. The van der Waals surface area contributed by atoms with Crippen LogP contribution in [0.1, 0.15) is 52.0 Å². The third kappa shape index (κ3) is 4.78. The average molecular weight is 360 g/mol. The smallest absolute Gasteiger partial charge is 0.273 e. The van der Waals surface area contributed by atoms with E-state index in [4.69, 9.17) is 13.9 Å². The summed E-state index contributed by atoms with van der Waals surface area (Å²) in [5, 5.41) is 0. The number of furan rings is 1. The van der Waals surface area contributed by atoms with Gasteiger partial charge >= 0.3 is 0 Å². The highest BCUT2D eigenvalue weighted by atomic mass is 16.5. The number of hydrazine groups is 1. The standard InChI is InChI=1S/C19H24N2O5/c1-5-6-9-25-16-8-7-14(11-17(16)24-4)18(22)20-21-19(23)15-10-12(2)26-13(15)3/h7-8,10-11H,5-6,9H2,1-4H3,(H,20,22)(H,21,23). The molecule has 0 atom stereocenters. The summed E-state index contributed by atoms with van der Waals surface area (Å²) in [6.45, 7) is 6.09. The molecule has 1 aromatic carbocycles. The van der Waals surface area contributed by atoms with Crippen LogP contribution in [0, 0.1) is 13.8 Å². The van der Waals surface area contributed by atoms with Gasteiger partial charge < -0.3 is 13.9 Å². The fourth-order valence-electron chi connectivity index (χ4n) is 2.36. The van der Waals surface area contributed by atoms with Crippen molar-refractivity contribution in [3.8, 4) is 11.5 Å². The Bertz CT molecular complexity index is 782. The first-order valence-electron chi connectivity index (χ1n) is 8.44. The molecule has 7 nitrogen and oxygen atoms in total. The Balaban J connectivity index is 2.00. The lowest BCUT2D eigenvalue weighted by molar-refractivity contribution is 0.0845. The minimum absolute atomic E-state index is 0.338. The Labute approximate surface area is 152 Å². The number of hydrogen-bond acceptors (Lipinski definition) is 5. The summed E-state index contributed by atoms with van der Waals surface area (Å²) in [5.41, 5.74) is 5.47. The number of ether oxygens (including phenoxy) is 2. The minimum atomic E-state index is -0.463. The predicted octanol–water partition coefficient (Wildman–Crippen LogP) is 3.16. The predicted molar refractivity (Wildman–Crippen MR) is 96.5 cm³/mol. The maximum absolute atomic E-state index is 12.3. The third-order valence-electron chi connectivity index (χ3n) is 3.76. The molecule has 0 bridgehead atoms. The van der Waals surface area contributed by atoms with Crippen molar-refractivity contribution < 1.29 is 23.5 Å². The molecule has 0 radical (unpaired) electrons. The number of unbranched alkanes of at least 4 members (excludes halogenated alkanes) is 1. The van der Waals surface area contributed by atoms with E-state index < -0.39 is 11.8 Å². The van der Waals surface area contributed by atoms with Gasteiger partial charge in [-0.2, -0.15) is 0 Å². The number of benzene rings is 1. The molecule has 0 aliphatic heterocycles. The summed E-state index contributed by atoms with van der Waals surface area (Å²) >= 11 is 0. The molecule has 2 rings (SSSR count). The lowest BCUT2D eigenvalue weighted by Gasteiger charge is -2.12. The molecule has 0 aliphatic rings. The fourth-order valence-corrected chi connectivity index (χ4v) is 2.36. The molecule has 0 unspecified atom stereocenters. The van der Waals surface area contributed by atoms with Crippen LogP contribution in [0.15, 0.2) is 28.7 Å². The highest BCUT2D eigenvalue weighted by Gasteiger charge is 2.16. The summed E-state index contributed by atoms with van der Waals surface area (Å²) in [6, 6.07) is 6.46. The molecule has 26 heavy (non-hydrogen) atoms. The van der Waals surface area contributed by atoms with Crippen LogP contribution in [0.2, 0.25) is 0 Å². The number of nitrogens with one attached hydrogen (secondary N) is 2.